The number of nitrogens with one attached hydrogen (secondary N) is 1. The van der Waals surface area contributed by atoms with Crippen LogP contribution >= 0.6 is 11.3 Å². The van der Waals surface area contributed by atoms with Gasteiger partial charge in [0.05, 0.1) is 4.90 Å². The van der Waals surface area contributed by atoms with Gasteiger partial charge in [-0.2, -0.15) is 11.3 Å². The summed E-state index contributed by atoms with van der Waals surface area (Å²) < 4.78 is 16.1. The molecule has 3 N–H and O–H groups in total. The Balaban J connectivity index is 0.00000289. The summed E-state index contributed by atoms with van der Waals surface area (Å²) in [5.41, 5.74) is 4.93. The lowest BCUT2D eigenvalue weighted by Crippen LogP contribution is -2.07. The first-order chi connectivity index (χ1) is 15.2. The minimum Gasteiger partial charge on any atom is -0.412 e. The van der Waals surface area contributed by atoms with Crippen LogP contribution in [0.3, 0.4) is 0 Å². The van der Waals surface area contributed by atoms with Crippen LogP contribution in [0.5, 0.6) is 0 Å². The average Bonchev–Trinajstić information content (AvgIpc) is 3.33. The second-order valence-corrected chi connectivity index (χ2v) is 9.24. The summed E-state index contributed by atoms with van der Waals surface area (Å²) in [6.07, 6.45) is 1.77. The Labute approximate surface area is 194 Å². The molecule has 0 aliphatic rings. The lowest BCUT2D eigenvalue weighted by molar-refractivity contribution is -0.118. The van der Waals surface area contributed by atoms with E-state index < -0.39 is 11.0 Å². The van der Waals surface area contributed by atoms with E-state index in [0.717, 1.165) is 33.7 Å². The Bertz CT molecular complexity index is 1160. The summed E-state index contributed by atoms with van der Waals surface area (Å²) >= 11 is 1.66. The zero-order valence-corrected chi connectivity index (χ0v) is 19.1. The molecule has 3 aromatic carbocycles. The van der Waals surface area contributed by atoms with Gasteiger partial charge in [-0.25, -0.2) is 4.21 Å². The maximum absolute atomic E-state index is 13.0. The van der Waals surface area contributed by atoms with Gasteiger partial charge in [0, 0.05) is 18.5 Å². The van der Waals surface area contributed by atoms with Gasteiger partial charge in [-0.1, -0.05) is 60.7 Å². The van der Waals surface area contributed by atoms with Gasteiger partial charge in [-0.3, -0.25) is 4.79 Å². The molecule has 32 heavy (non-hydrogen) atoms. The highest BCUT2D eigenvalue weighted by Crippen LogP contribution is 2.26. The molecule has 1 unspecified atom stereocenters. The van der Waals surface area contributed by atoms with E-state index in [9.17, 15) is 9.00 Å². The Hall–Kier alpha value is -3.06. The molecule has 4 nitrogen and oxygen atoms in total. The Morgan fingerprint density at radius 3 is 2.28 bits per heavy atom. The first-order valence-electron chi connectivity index (χ1n) is 10.1. The van der Waals surface area contributed by atoms with Gasteiger partial charge in [0.25, 0.3) is 0 Å². The van der Waals surface area contributed by atoms with Crippen molar-refractivity contribution in [2.75, 3.05) is 4.72 Å². The number of ketones is 1. The normalized spacial score (nSPS) is 11.4. The highest BCUT2D eigenvalue weighted by molar-refractivity contribution is 7.86. The zero-order valence-electron chi connectivity index (χ0n) is 17.5. The van der Waals surface area contributed by atoms with E-state index in [0.29, 0.717) is 12.8 Å². The molecule has 0 aliphatic heterocycles. The predicted octanol–water partition coefficient (Wildman–Crippen LogP) is 5.47. The van der Waals surface area contributed by atoms with Crippen molar-refractivity contribution in [3.05, 3.63) is 107 Å². The molecule has 4 rings (SSSR count). The molecule has 0 saturated carbocycles. The van der Waals surface area contributed by atoms with Crippen LogP contribution in [0.4, 0.5) is 5.69 Å². The third kappa shape index (κ3) is 6.23. The molecule has 0 aliphatic carbocycles. The van der Waals surface area contributed by atoms with Crippen LogP contribution in [0, 0.1) is 0 Å². The Morgan fingerprint density at radius 2 is 1.56 bits per heavy atom. The minimum atomic E-state index is -1.40. The fourth-order valence-corrected chi connectivity index (χ4v) is 5.12. The van der Waals surface area contributed by atoms with E-state index in [-0.39, 0.29) is 11.3 Å². The second-order valence-electron chi connectivity index (χ2n) is 7.28. The number of thiophene rings is 1. The van der Waals surface area contributed by atoms with Crippen molar-refractivity contribution >= 4 is 33.8 Å². The van der Waals surface area contributed by atoms with E-state index >= 15 is 0 Å². The molecule has 1 heterocycles. The standard InChI is InChI=1S/C26H23NO2S2.H2O/c28-24(15-12-21-16-17-30-19-21)18-20-10-13-23(14-11-20)27-31(29)26-9-5-4-8-25(26)22-6-2-1-3-7-22;/h1-11,13-14,16-17,19,27H,12,15,18H2;1H2. The average molecular weight is 464 g/mol. The summed E-state index contributed by atoms with van der Waals surface area (Å²) in [7, 11) is -1.40. The van der Waals surface area contributed by atoms with E-state index in [2.05, 4.69) is 16.2 Å². The molecular formula is C26H25NO3S2. The molecule has 0 bridgehead atoms. The maximum Gasteiger partial charge on any atom is 0.150 e. The number of anilines is 1. The summed E-state index contributed by atoms with van der Waals surface area (Å²) in [4.78, 5) is 13.0. The van der Waals surface area contributed by atoms with Crippen molar-refractivity contribution < 1.29 is 14.5 Å². The Morgan fingerprint density at radius 1 is 0.844 bits per heavy atom. The van der Waals surface area contributed by atoms with E-state index in [1.807, 2.05) is 84.2 Å². The third-order valence-corrected chi connectivity index (χ3v) is 6.92. The molecule has 1 aromatic heterocycles. The van der Waals surface area contributed by atoms with Gasteiger partial charge in [0.2, 0.25) is 0 Å². The number of carbonyl (C=O) groups is 1. The quantitative estimate of drug-likeness (QED) is 0.357. The van der Waals surface area contributed by atoms with Crippen LogP contribution in [-0.2, 0) is 28.6 Å². The van der Waals surface area contributed by atoms with Crippen LogP contribution in [0.2, 0.25) is 0 Å². The summed E-state index contributed by atoms with van der Waals surface area (Å²) in [6, 6.07) is 27.3. The molecule has 0 radical (unpaired) electrons. The molecule has 0 amide bonds. The molecular weight excluding hydrogens is 438 g/mol. The van der Waals surface area contributed by atoms with Crippen molar-refractivity contribution in [3.8, 4) is 11.1 Å². The summed E-state index contributed by atoms with van der Waals surface area (Å²) in [5, 5.41) is 4.12. The summed E-state index contributed by atoms with van der Waals surface area (Å²) in [6.45, 7) is 0. The lowest BCUT2D eigenvalue weighted by atomic mass is 10.0. The molecule has 164 valence electrons. The minimum absolute atomic E-state index is 0. The summed E-state index contributed by atoms with van der Waals surface area (Å²) in [5.74, 6) is 0.229. The van der Waals surface area contributed by atoms with E-state index in [1.54, 1.807) is 11.3 Å². The van der Waals surface area contributed by atoms with Gasteiger partial charge >= 0.3 is 0 Å². The number of hydrogen-bond acceptors (Lipinski definition) is 3. The van der Waals surface area contributed by atoms with Gasteiger partial charge in [0.1, 0.15) is 5.78 Å². The van der Waals surface area contributed by atoms with Crippen molar-refractivity contribution in [3.63, 3.8) is 0 Å². The molecule has 0 spiro atoms. The SMILES string of the molecule is O.O=C(CCc1ccsc1)Cc1ccc(NS(=O)c2ccccc2-c2ccccc2)cc1. The smallest absolute Gasteiger partial charge is 0.150 e. The largest absolute Gasteiger partial charge is 0.412 e. The number of carbonyl (C=O) groups excluding carboxylic acids is 1. The van der Waals surface area contributed by atoms with Gasteiger partial charge in [-0.05, 0) is 63.7 Å². The number of aryl methyl sites for hydroxylation is 1. The maximum atomic E-state index is 13.0. The topological polar surface area (TPSA) is 77.7 Å². The monoisotopic (exact) mass is 463 g/mol. The van der Waals surface area contributed by atoms with Crippen LogP contribution < -0.4 is 4.72 Å². The number of hydrogen-bond donors (Lipinski definition) is 1. The van der Waals surface area contributed by atoms with Crippen molar-refractivity contribution in [2.45, 2.75) is 24.2 Å². The second kappa shape index (κ2) is 11.5. The van der Waals surface area contributed by atoms with E-state index in [1.165, 1.54) is 5.56 Å². The fraction of sp³-hybridized carbons (Fsp3) is 0.115. The highest BCUT2D eigenvalue weighted by atomic mass is 32.2. The van der Waals surface area contributed by atoms with Crippen LogP contribution in [0.25, 0.3) is 11.1 Å². The Kier molecular flexibility index (Phi) is 8.50. The number of Topliss-reactive ketones (excluding diaryl/α,β-unsaturated/α-hetero) is 1. The number of benzene rings is 3. The van der Waals surface area contributed by atoms with Crippen LogP contribution in [0.1, 0.15) is 17.5 Å². The predicted molar refractivity (Wildman–Crippen MR) is 133 cm³/mol. The lowest BCUT2D eigenvalue weighted by Gasteiger charge is -2.11. The molecule has 6 heteroatoms. The first kappa shape index (κ1) is 23.6. The van der Waals surface area contributed by atoms with Crippen molar-refractivity contribution in [1.29, 1.82) is 0 Å². The molecule has 0 saturated heterocycles. The van der Waals surface area contributed by atoms with Crippen LogP contribution in [-0.4, -0.2) is 15.5 Å². The highest BCUT2D eigenvalue weighted by Gasteiger charge is 2.11. The first-order valence-corrected chi connectivity index (χ1v) is 12.2. The van der Waals surface area contributed by atoms with Gasteiger partial charge in [0.15, 0.2) is 11.0 Å². The fourth-order valence-electron chi connectivity index (χ4n) is 3.37. The van der Waals surface area contributed by atoms with Crippen molar-refractivity contribution in [2.24, 2.45) is 0 Å². The van der Waals surface area contributed by atoms with Crippen LogP contribution in [0.15, 0.2) is 101 Å². The zero-order chi connectivity index (χ0) is 21.5. The number of rotatable bonds is 9. The molecule has 1 atom stereocenters. The molecule has 4 aromatic rings. The molecule has 0 fully saturated rings. The van der Waals surface area contributed by atoms with Gasteiger partial charge < -0.3 is 10.2 Å². The van der Waals surface area contributed by atoms with E-state index in [4.69, 9.17) is 0 Å². The van der Waals surface area contributed by atoms with Gasteiger partial charge in [-0.15, -0.1) is 0 Å². The van der Waals surface area contributed by atoms with Crippen molar-refractivity contribution in [1.82, 2.24) is 0 Å². The third-order valence-electron chi connectivity index (χ3n) is 5.01.